The van der Waals surface area contributed by atoms with Crippen LogP contribution in [-0.4, -0.2) is 38.9 Å². The van der Waals surface area contributed by atoms with Crippen molar-refractivity contribution in [3.63, 3.8) is 0 Å². The number of likely N-dealkylation sites (N-methyl/N-ethyl adjacent to an activating group) is 1. The Balaban J connectivity index is 3.07. The van der Waals surface area contributed by atoms with Crippen LogP contribution in [0, 0.1) is 0 Å². The SMILES string of the molecule is CCOC(=O)CN(C)S(=O)(=O)c1c(Cl)cccc1Cl. The van der Waals surface area contributed by atoms with E-state index in [0.29, 0.717) is 0 Å². The number of esters is 1. The van der Waals surface area contributed by atoms with Gasteiger partial charge < -0.3 is 4.74 Å². The summed E-state index contributed by atoms with van der Waals surface area (Å²) in [5, 5.41) is 0.00594. The van der Waals surface area contributed by atoms with Crippen molar-refractivity contribution in [3.05, 3.63) is 28.2 Å². The summed E-state index contributed by atoms with van der Waals surface area (Å²) >= 11 is 11.7. The summed E-state index contributed by atoms with van der Waals surface area (Å²) in [6.45, 7) is 1.41. The van der Waals surface area contributed by atoms with Crippen molar-refractivity contribution < 1.29 is 17.9 Å². The molecule has 0 radical (unpaired) electrons. The highest BCUT2D eigenvalue weighted by atomic mass is 35.5. The molecular formula is C11H13Cl2NO4S. The predicted octanol–water partition coefficient (Wildman–Crippen LogP) is 2.18. The molecule has 0 aliphatic heterocycles. The van der Waals surface area contributed by atoms with Gasteiger partial charge in [-0.25, -0.2) is 8.42 Å². The summed E-state index contributed by atoms with van der Waals surface area (Å²) < 4.78 is 30.1. The highest BCUT2D eigenvalue weighted by molar-refractivity contribution is 7.89. The summed E-state index contributed by atoms with van der Waals surface area (Å²) in [4.78, 5) is 11.1. The van der Waals surface area contributed by atoms with E-state index in [-0.39, 0.29) is 21.5 Å². The third-order valence-corrected chi connectivity index (χ3v) is 5.00. The summed E-state index contributed by atoms with van der Waals surface area (Å²) in [5.41, 5.74) is 0. The van der Waals surface area contributed by atoms with Crippen molar-refractivity contribution in [1.82, 2.24) is 4.31 Å². The summed E-state index contributed by atoms with van der Waals surface area (Å²) in [6, 6.07) is 4.37. The molecule has 0 amide bonds. The van der Waals surface area contributed by atoms with Gasteiger partial charge in [-0.05, 0) is 19.1 Å². The molecule has 19 heavy (non-hydrogen) atoms. The molecule has 0 unspecified atom stereocenters. The first-order valence-corrected chi connectivity index (χ1v) is 7.56. The Morgan fingerprint density at radius 3 is 2.32 bits per heavy atom. The molecule has 0 N–H and O–H groups in total. The van der Waals surface area contributed by atoms with Crippen LogP contribution in [0.15, 0.2) is 23.1 Å². The van der Waals surface area contributed by atoms with E-state index < -0.39 is 22.5 Å². The van der Waals surface area contributed by atoms with Gasteiger partial charge in [0.25, 0.3) is 0 Å². The number of carbonyl (C=O) groups is 1. The quantitative estimate of drug-likeness (QED) is 0.778. The number of halogens is 2. The molecule has 0 aliphatic rings. The van der Waals surface area contributed by atoms with Crippen molar-refractivity contribution in [1.29, 1.82) is 0 Å². The topological polar surface area (TPSA) is 63.7 Å². The van der Waals surface area contributed by atoms with Gasteiger partial charge >= 0.3 is 5.97 Å². The lowest BCUT2D eigenvalue weighted by molar-refractivity contribution is -0.143. The van der Waals surface area contributed by atoms with Crippen LogP contribution in [-0.2, 0) is 19.6 Å². The van der Waals surface area contributed by atoms with Gasteiger partial charge in [0.1, 0.15) is 11.4 Å². The van der Waals surface area contributed by atoms with E-state index in [1.165, 1.54) is 25.2 Å². The zero-order valence-corrected chi connectivity index (χ0v) is 12.7. The monoisotopic (exact) mass is 325 g/mol. The Labute approximate surface area is 122 Å². The molecule has 0 heterocycles. The number of hydrogen-bond acceptors (Lipinski definition) is 4. The first-order chi connectivity index (χ1) is 8.80. The molecule has 0 atom stereocenters. The van der Waals surface area contributed by atoms with Crippen LogP contribution in [0.3, 0.4) is 0 Å². The first-order valence-electron chi connectivity index (χ1n) is 5.36. The Morgan fingerprint density at radius 1 is 1.32 bits per heavy atom. The third-order valence-electron chi connectivity index (χ3n) is 2.24. The van der Waals surface area contributed by atoms with Gasteiger partial charge in [-0.3, -0.25) is 4.79 Å². The highest BCUT2D eigenvalue weighted by Crippen LogP contribution is 2.30. The second kappa shape index (κ2) is 6.56. The van der Waals surface area contributed by atoms with E-state index in [1.807, 2.05) is 0 Å². The minimum atomic E-state index is -3.95. The Kier molecular flexibility index (Phi) is 5.61. The van der Waals surface area contributed by atoms with Crippen molar-refractivity contribution in [2.24, 2.45) is 0 Å². The van der Waals surface area contributed by atoms with E-state index in [4.69, 9.17) is 27.9 Å². The molecule has 1 aromatic rings. The van der Waals surface area contributed by atoms with Crippen LogP contribution in [0.5, 0.6) is 0 Å². The molecule has 0 fully saturated rings. The Hall–Kier alpha value is -0.820. The van der Waals surface area contributed by atoms with Crippen LogP contribution in [0.1, 0.15) is 6.92 Å². The second-order valence-electron chi connectivity index (χ2n) is 3.62. The van der Waals surface area contributed by atoms with Crippen LogP contribution in [0.4, 0.5) is 0 Å². The number of sulfonamides is 1. The zero-order chi connectivity index (χ0) is 14.6. The molecular weight excluding hydrogens is 313 g/mol. The normalized spacial score (nSPS) is 11.6. The summed E-state index contributed by atoms with van der Waals surface area (Å²) in [5.74, 6) is -0.642. The number of hydrogen-bond donors (Lipinski definition) is 0. The van der Waals surface area contributed by atoms with Crippen molar-refractivity contribution in [2.75, 3.05) is 20.2 Å². The van der Waals surface area contributed by atoms with Gasteiger partial charge in [0.05, 0.1) is 16.7 Å². The molecule has 1 aromatic carbocycles. The maximum absolute atomic E-state index is 12.3. The van der Waals surface area contributed by atoms with E-state index in [1.54, 1.807) is 6.92 Å². The Morgan fingerprint density at radius 2 is 1.84 bits per heavy atom. The molecule has 1 rings (SSSR count). The van der Waals surface area contributed by atoms with Crippen molar-refractivity contribution in [2.45, 2.75) is 11.8 Å². The van der Waals surface area contributed by atoms with Gasteiger partial charge in [0, 0.05) is 7.05 Å². The maximum Gasteiger partial charge on any atom is 0.321 e. The minimum absolute atomic E-state index is 0.00297. The van der Waals surface area contributed by atoms with Crippen LogP contribution >= 0.6 is 23.2 Å². The average Bonchev–Trinajstić information content (AvgIpc) is 2.28. The lowest BCUT2D eigenvalue weighted by atomic mass is 10.4. The minimum Gasteiger partial charge on any atom is -0.465 e. The molecule has 0 saturated carbocycles. The average molecular weight is 326 g/mol. The van der Waals surface area contributed by atoms with Crippen LogP contribution in [0.25, 0.3) is 0 Å². The van der Waals surface area contributed by atoms with E-state index >= 15 is 0 Å². The lowest BCUT2D eigenvalue weighted by Gasteiger charge is -2.17. The number of benzene rings is 1. The molecule has 0 spiro atoms. The van der Waals surface area contributed by atoms with Gasteiger partial charge in [-0.2, -0.15) is 4.31 Å². The van der Waals surface area contributed by atoms with Gasteiger partial charge in [0.2, 0.25) is 10.0 Å². The smallest absolute Gasteiger partial charge is 0.321 e. The number of carbonyl (C=O) groups excluding carboxylic acids is 1. The molecule has 0 aliphatic carbocycles. The van der Waals surface area contributed by atoms with Gasteiger partial charge in [-0.15, -0.1) is 0 Å². The number of rotatable bonds is 5. The predicted molar refractivity (Wildman–Crippen MR) is 72.9 cm³/mol. The van der Waals surface area contributed by atoms with E-state index in [9.17, 15) is 13.2 Å². The fourth-order valence-electron chi connectivity index (χ4n) is 1.36. The number of ether oxygens (including phenoxy) is 1. The standard InChI is InChI=1S/C11H13Cl2NO4S/c1-3-18-10(15)7-14(2)19(16,17)11-8(12)5-4-6-9(11)13/h4-6H,3,7H2,1-2H3. The number of nitrogens with zero attached hydrogens (tertiary/aromatic N) is 1. The molecule has 5 nitrogen and oxygen atoms in total. The lowest BCUT2D eigenvalue weighted by Crippen LogP contribution is -2.33. The first kappa shape index (κ1) is 16.2. The Bertz CT molecular complexity index is 554. The van der Waals surface area contributed by atoms with E-state index in [2.05, 4.69) is 0 Å². The van der Waals surface area contributed by atoms with Crippen molar-refractivity contribution >= 4 is 39.2 Å². The molecule has 0 aromatic heterocycles. The molecule has 0 bridgehead atoms. The van der Waals surface area contributed by atoms with Gasteiger partial charge in [0.15, 0.2) is 0 Å². The largest absolute Gasteiger partial charge is 0.465 e. The second-order valence-corrected chi connectivity index (χ2v) is 6.41. The summed E-state index contributed by atoms with van der Waals surface area (Å²) in [7, 11) is -2.69. The third kappa shape index (κ3) is 3.82. The molecule has 8 heteroatoms. The molecule has 0 saturated heterocycles. The van der Waals surface area contributed by atoms with Gasteiger partial charge in [-0.1, -0.05) is 29.3 Å². The fraction of sp³-hybridized carbons (Fsp3) is 0.364. The molecule has 106 valence electrons. The maximum atomic E-state index is 12.3. The zero-order valence-electron chi connectivity index (χ0n) is 10.4. The highest BCUT2D eigenvalue weighted by Gasteiger charge is 2.28. The fourth-order valence-corrected chi connectivity index (χ4v) is 3.56. The summed E-state index contributed by atoms with van der Waals surface area (Å²) in [6.07, 6.45) is 0. The van der Waals surface area contributed by atoms with E-state index in [0.717, 1.165) is 4.31 Å². The van der Waals surface area contributed by atoms with Crippen molar-refractivity contribution in [3.8, 4) is 0 Å². The van der Waals surface area contributed by atoms with Crippen LogP contribution < -0.4 is 0 Å². The van der Waals surface area contributed by atoms with Crippen LogP contribution in [0.2, 0.25) is 10.0 Å².